The Morgan fingerprint density at radius 3 is 2.40 bits per heavy atom. The molecule has 0 heterocycles. The molecule has 0 aromatic rings. The lowest BCUT2D eigenvalue weighted by Crippen LogP contribution is -2.45. The van der Waals surface area contributed by atoms with Gasteiger partial charge in [0.15, 0.2) is 0 Å². The summed E-state index contributed by atoms with van der Waals surface area (Å²) < 4.78 is 0. The lowest BCUT2D eigenvalue weighted by atomic mass is 9.86. The molecule has 2 aliphatic rings. The maximum Gasteiger partial charge on any atom is 0.307 e. The van der Waals surface area contributed by atoms with Crippen molar-refractivity contribution in [3.05, 3.63) is 0 Å². The minimum Gasteiger partial charge on any atom is -0.481 e. The molecule has 0 radical (unpaired) electrons. The van der Waals surface area contributed by atoms with Crippen molar-refractivity contribution >= 4 is 11.9 Å². The van der Waals surface area contributed by atoms with Crippen LogP contribution in [0.2, 0.25) is 0 Å². The van der Waals surface area contributed by atoms with Crippen molar-refractivity contribution in [3.63, 3.8) is 0 Å². The van der Waals surface area contributed by atoms with Gasteiger partial charge < -0.3 is 10.4 Å². The topological polar surface area (TPSA) is 66.4 Å². The lowest BCUT2D eigenvalue weighted by molar-refractivity contribution is -0.146. The van der Waals surface area contributed by atoms with Crippen molar-refractivity contribution < 1.29 is 14.7 Å². The fraction of sp³-hybridized carbons (Fsp3) is 0.875. The Labute approximate surface area is 121 Å². The summed E-state index contributed by atoms with van der Waals surface area (Å²) in [4.78, 5) is 23.9. The number of amides is 1. The van der Waals surface area contributed by atoms with Gasteiger partial charge in [0.25, 0.3) is 0 Å². The van der Waals surface area contributed by atoms with Gasteiger partial charge in [-0.2, -0.15) is 0 Å². The van der Waals surface area contributed by atoms with Crippen LogP contribution in [0.15, 0.2) is 0 Å². The number of rotatable bonds is 4. The van der Waals surface area contributed by atoms with E-state index in [9.17, 15) is 14.7 Å². The van der Waals surface area contributed by atoms with Gasteiger partial charge in [-0.1, -0.05) is 33.6 Å². The molecule has 20 heavy (non-hydrogen) atoms. The van der Waals surface area contributed by atoms with Crippen LogP contribution in [0, 0.1) is 23.2 Å². The molecule has 114 valence electrons. The van der Waals surface area contributed by atoms with Crippen molar-refractivity contribution in [2.24, 2.45) is 23.2 Å². The zero-order chi connectivity index (χ0) is 14.9. The first-order valence-electron chi connectivity index (χ1n) is 7.88. The van der Waals surface area contributed by atoms with Crippen LogP contribution >= 0.6 is 0 Å². The van der Waals surface area contributed by atoms with Gasteiger partial charge in [0.1, 0.15) is 0 Å². The van der Waals surface area contributed by atoms with E-state index >= 15 is 0 Å². The third kappa shape index (κ3) is 2.99. The van der Waals surface area contributed by atoms with Gasteiger partial charge in [0, 0.05) is 6.04 Å². The van der Waals surface area contributed by atoms with Crippen molar-refractivity contribution in [3.8, 4) is 0 Å². The maximum absolute atomic E-state index is 12.5. The van der Waals surface area contributed by atoms with E-state index in [1.165, 1.54) is 0 Å². The fourth-order valence-electron chi connectivity index (χ4n) is 3.91. The van der Waals surface area contributed by atoms with Crippen LogP contribution in [-0.2, 0) is 9.59 Å². The van der Waals surface area contributed by atoms with E-state index in [4.69, 9.17) is 0 Å². The number of nitrogens with one attached hydrogen (secondary N) is 1. The van der Waals surface area contributed by atoms with Gasteiger partial charge in [0.05, 0.1) is 11.8 Å². The first-order valence-corrected chi connectivity index (χ1v) is 7.88. The van der Waals surface area contributed by atoms with E-state index in [0.717, 1.165) is 32.1 Å². The van der Waals surface area contributed by atoms with Gasteiger partial charge in [-0.25, -0.2) is 0 Å². The molecule has 0 aromatic heterocycles. The molecule has 2 unspecified atom stereocenters. The molecule has 2 N–H and O–H groups in total. The highest BCUT2D eigenvalue weighted by atomic mass is 16.4. The average Bonchev–Trinajstić information content (AvgIpc) is 2.93. The average molecular weight is 281 g/mol. The van der Waals surface area contributed by atoms with E-state index in [1.54, 1.807) is 0 Å². The third-order valence-electron chi connectivity index (χ3n) is 5.47. The van der Waals surface area contributed by atoms with Crippen LogP contribution in [0.25, 0.3) is 0 Å². The predicted octanol–water partition coefficient (Wildman–Crippen LogP) is 2.82. The largest absolute Gasteiger partial charge is 0.481 e. The summed E-state index contributed by atoms with van der Waals surface area (Å²) in [6.07, 6.45) is 5.62. The second kappa shape index (κ2) is 5.74. The molecule has 0 bridgehead atoms. The highest BCUT2D eigenvalue weighted by Gasteiger charge is 2.44. The standard InChI is InChI=1S/C16H27NO3/c1-4-10-8-11(12(9-10)15(19)20)14(18)17-13-6-5-7-16(13,2)3/h10-13H,4-9H2,1-3H3,(H,17,18)(H,19,20)/t10?,11-,12+,13?/m0/s1. The van der Waals surface area contributed by atoms with E-state index in [0.29, 0.717) is 12.3 Å². The number of carboxylic acids is 1. The molecule has 2 aliphatic carbocycles. The second-order valence-corrected chi connectivity index (χ2v) is 7.24. The monoisotopic (exact) mass is 281 g/mol. The Hall–Kier alpha value is -1.06. The molecule has 0 spiro atoms. The van der Waals surface area contributed by atoms with Gasteiger partial charge >= 0.3 is 5.97 Å². The molecular weight excluding hydrogens is 254 g/mol. The molecule has 1 amide bonds. The van der Waals surface area contributed by atoms with E-state index < -0.39 is 11.9 Å². The summed E-state index contributed by atoms with van der Waals surface area (Å²) in [6, 6.07) is 0.199. The Morgan fingerprint density at radius 1 is 1.25 bits per heavy atom. The molecule has 0 saturated heterocycles. The lowest BCUT2D eigenvalue weighted by Gasteiger charge is -2.29. The zero-order valence-electron chi connectivity index (χ0n) is 12.8. The molecule has 4 nitrogen and oxygen atoms in total. The second-order valence-electron chi connectivity index (χ2n) is 7.24. The molecule has 2 fully saturated rings. The minimum absolute atomic E-state index is 0.0340. The molecule has 2 rings (SSSR count). The van der Waals surface area contributed by atoms with Crippen LogP contribution in [0.3, 0.4) is 0 Å². The van der Waals surface area contributed by atoms with E-state index in [-0.39, 0.29) is 23.3 Å². The highest BCUT2D eigenvalue weighted by Crippen LogP contribution is 2.40. The Balaban J connectivity index is 2.02. The Bertz CT molecular complexity index is 391. The minimum atomic E-state index is -0.813. The Morgan fingerprint density at radius 2 is 1.90 bits per heavy atom. The number of carboxylic acid groups (broad SMARTS) is 1. The first-order chi connectivity index (χ1) is 9.35. The van der Waals surface area contributed by atoms with Crippen molar-refractivity contribution in [1.29, 1.82) is 0 Å². The maximum atomic E-state index is 12.5. The molecule has 2 saturated carbocycles. The summed E-state index contributed by atoms with van der Waals surface area (Å²) in [5.41, 5.74) is 0.136. The van der Waals surface area contributed by atoms with Gasteiger partial charge in [0.2, 0.25) is 5.91 Å². The van der Waals surface area contributed by atoms with Crippen LogP contribution in [0.1, 0.15) is 59.3 Å². The summed E-state index contributed by atoms with van der Waals surface area (Å²) in [6.45, 7) is 6.44. The number of hydrogen-bond donors (Lipinski definition) is 2. The number of hydrogen-bond acceptors (Lipinski definition) is 2. The number of carbonyl (C=O) groups excluding carboxylic acids is 1. The summed E-state index contributed by atoms with van der Waals surface area (Å²) in [5, 5.41) is 12.5. The smallest absolute Gasteiger partial charge is 0.307 e. The van der Waals surface area contributed by atoms with E-state index in [1.807, 2.05) is 0 Å². The molecule has 4 atom stereocenters. The van der Waals surface area contributed by atoms with E-state index in [2.05, 4.69) is 26.1 Å². The van der Waals surface area contributed by atoms with Crippen LogP contribution < -0.4 is 5.32 Å². The molecule has 4 heteroatoms. The number of carbonyl (C=O) groups is 2. The number of aliphatic carboxylic acids is 1. The van der Waals surface area contributed by atoms with Crippen LogP contribution in [0.4, 0.5) is 0 Å². The summed E-state index contributed by atoms with van der Waals surface area (Å²) in [5.74, 6) is -1.30. The Kier molecular flexibility index (Phi) is 4.40. The zero-order valence-corrected chi connectivity index (χ0v) is 12.8. The van der Waals surface area contributed by atoms with Gasteiger partial charge in [-0.05, 0) is 37.0 Å². The fourth-order valence-corrected chi connectivity index (χ4v) is 3.91. The molecule has 0 aromatic carbocycles. The molecular formula is C16H27NO3. The van der Waals surface area contributed by atoms with Crippen molar-refractivity contribution in [2.45, 2.75) is 65.3 Å². The quantitative estimate of drug-likeness (QED) is 0.832. The highest BCUT2D eigenvalue weighted by molar-refractivity contribution is 5.85. The predicted molar refractivity (Wildman–Crippen MR) is 77.2 cm³/mol. The van der Waals surface area contributed by atoms with Crippen molar-refractivity contribution in [2.75, 3.05) is 0 Å². The van der Waals surface area contributed by atoms with Crippen LogP contribution in [-0.4, -0.2) is 23.0 Å². The summed E-state index contributed by atoms with van der Waals surface area (Å²) in [7, 11) is 0. The molecule has 0 aliphatic heterocycles. The first kappa shape index (κ1) is 15.3. The van der Waals surface area contributed by atoms with Gasteiger partial charge in [-0.15, -0.1) is 0 Å². The normalized spacial score (nSPS) is 36.0. The third-order valence-corrected chi connectivity index (χ3v) is 5.47. The van der Waals surface area contributed by atoms with Crippen molar-refractivity contribution in [1.82, 2.24) is 5.32 Å². The SMILES string of the molecule is CCC1C[C@H](C(=O)NC2CCCC2(C)C)[C@H](C(=O)O)C1. The van der Waals surface area contributed by atoms with Gasteiger partial charge in [-0.3, -0.25) is 9.59 Å². The summed E-state index contributed by atoms with van der Waals surface area (Å²) >= 11 is 0. The van der Waals surface area contributed by atoms with Crippen LogP contribution in [0.5, 0.6) is 0 Å².